The summed E-state index contributed by atoms with van der Waals surface area (Å²) in [6.07, 6.45) is 2.23. The second-order valence-electron chi connectivity index (χ2n) is 5.24. The summed E-state index contributed by atoms with van der Waals surface area (Å²) < 4.78 is 0. The van der Waals surface area contributed by atoms with Gasteiger partial charge in [-0.15, -0.1) is 0 Å². The van der Waals surface area contributed by atoms with Gasteiger partial charge >= 0.3 is 0 Å². The molecule has 0 aromatic rings. The van der Waals surface area contributed by atoms with Gasteiger partial charge in [-0.3, -0.25) is 9.69 Å². The van der Waals surface area contributed by atoms with Crippen molar-refractivity contribution >= 4 is 5.91 Å². The minimum Gasteiger partial charge on any atom is -0.340 e. The molecule has 1 saturated carbocycles. The molecule has 0 radical (unpaired) electrons. The quantitative estimate of drug-likeness (QED) is 0.740. The second-order valence-corrected chi connectivity index (χ2v) is 5.24. The molecule has 16 heavy (non-hydrogen) atoms. The molecule has 1 atom stereocenters. The fourth-order valence-corrected chi connectivity index (χ4v) is 2.25. The van der Waals surface area contributed by atoms with E-state index in [0.717, 1.165) is 52.1 Å². The highest BCUT2D eigenvalue weighted by molar-refractivity contribution is 5.81. The van der Waals surface area contributed by atoms with Crippen molar-refractivity contribution in [3.05, 3.63) is 0 Å². The minimum absolute atomic E-state index is 0.370. The Morgan fingerprint density at radius 2 is 1.94 bits per heavy atom. The van der Waals surface area contributed by atoms with Gasteiger partial charge in [0, 0.05) is 38.6 Å². The van der Waals surface area contributed by atoms with E-state index in [9.17, 15) is 4.79 Å². The molecule has 4 heteroatoms. The van der Waals surface area contributed by atoms with Crippen molar-refractivity contribution in [1.82, 2.24) is 9.80 Å². The van der Waals surface area contributed by atoms with Crippen LogP contribution in [0, 0.1) is 11.8 Å². The van der Waals surface area contributed by atoms with Crippen LogP contribution in [0.5, 0.6) is 0 Å². The third kappa shape index (κ3) is 2.95. The van der Waals surface area contributed by atoms with E-state index < -0.39 is 0 Å². The van der Waals surface area contributed by atoms with Gasteiger partial charge in [0.1, 0.15) is 0 Å². The molecule has 2 N–H and O–H groups in total. The van der Waals surface area contributed by atoms with E-state index in [1.807, 2.05) is 4.90 Å². The Bertz CT molecular complexity index is 245. The molecule has 0 bridgehead atoms. The number of carbonyl (C=O) groups excluding carboxylic acids is 1. The van der Waals surface area contributed by atoms with Gasteiger partial charge in [0.15, 0.2) is 0 Å². The Balaban J connectivity index is 1.71. The molecule has 2 aliphatic rings. The lowest BCUT2D eigenvalue weighted by Crippen LogP contribution is -2.50. The standard InChI is InChI=1S/C12H23N3O/c1-10(8-13)9-14-4-6-15(7-5-14)12(16)11-2-3-11/h10-11H,2-9,13H2,1H3. The average Bonchev–Trinajstić information content (AvgIpc) is 3.13. The van der Waals surface area contributed by atoms with E-state index in [4.69, 9.17) is 5.73 Å². The van der Waals surface area contributed by atoms with Gasteiger partial charge in [-0.05, 0) is 25.3 Å². The van der Waals surface area contributed by atoms with Crippen LogP contribution in [0.2, 0.25) is 0 Å². The fraction of sp³-hybridized carbons (Fsp3) is 0.917. The Kier molecular flexibility index (Phi) is 3.82. The Labute approximate surface area is 97.8 Å². The van der Waals surface area contributed by atoms with E-state index in [2.05, 4.69) is 11.8 Å². The summed E-state index contributed by atoms with van der Waals surface area (Å²) in [5.41, 5.74) is 5.62. The van der Waals surface area contributed by atoms with Crippen LogP contribution in [0.1, 0.15) is 19.8 Å². The zero-order chi connectivity index (χ0) is 11.5. The van der Waals surface area contributed by atoms with Crippen molar-refractivity contribution in [3.63, 3.8) is 0 Å². The number of nitrogens with zero attached hydrogens (tertiary/aromatic N) is 2. The van der Waals surface area contributed by atoms with Gasteiger partial charge < -0.3 is 10.6 Å². The Morgan fingerprint density at radius 3 is 2.44 bits per heavy atom. The molecular weight excluding hydrogens is 202 g/mol. The van der Waals surface area contributed by atoms with Gasteiger partial charge in [0.05, 0.1) is 0 Å². The average molecular weight is 225 g/mol. The predicted octanol–water partition coefficient (Wildman–Crippen LogP) is 0.135. The van der Waals surface area contributed by atoms with E-state index in [-0.39, 0.29) is 0 Å². The predicted molar refractivity (Wildman–Crippen MR) is 64.0 cm³/mol. The number of amides is 1. The Hall–Kier alpha value is -0.610. The molecule has 2 rings (SSSR count). The van der Waals surface area contributed by atoms with E-state index in [1.54, 1.807) is 0 Å². The third-order valence-corrected chi connectivity index (χ3v) is 3.58. The van der Waals surface area contributed by atoms with Crippen LogP contribution in [0.4, 0.5) is 0 Å². The SMILES string of the molecule is CC(CN)CN1CCN(C(=O)C2CC2)CC1. The number of hydrogen-bond acceptors (Lipinski definition) is 3. The summed E-state index contributed by atoms with van der Waals surface area (Å²) in [5, 5.41) is 0. The van der Waals surface area contributed by atoms with Crippen LogP contribution >= 0.6 is 0 Å². The molecule has 0 aromatic carbocycles. The highest BCUT2D eigenvalue weighted by atomic mass is 16.2. The van der Waals surface area contributed by atoms with E-state index >= 15 is 0 Å². The molecule has 92 valence electrons. The van der Waals surface area contributed by atoms with Gasteiger partial charge in [-0.2, -0.15) is 0 Å². The molecule has 1 aliphatic heterocycles. The molecule has 1 heterocycles. The molecule has 2 fully saturated rings. The maximum Gasteiger partial charge on any atom is 0.225 e. The first-order valence-electron chi connectivity index (χ1n) is 6.42. The first-order valence-corrected chi connectivity index (χ1v) is 6.42. The molecule has 1 unspecified atom stereocenters. The maximum atomic E-state index is 11.8. The van der Waals surface area contributed by atoms with Crippen molar-refractivity contribution in [2.75, 3.05) is 39.3 Å². The second kappa shape index (κ2) is 5.15. The lowest BCUT2D eigenvalue weighted by molar-refractivity contribution is -0.134. The van der Waals surface area contributed by atoms with Gasteiger partial charge in [-0.25, -0.2) is 0 Å². The highest BCUT2D eigenvalue weighted by Gasteiger charge is 2.34. The largest absolute Gasteiger partial charge is 0.340 e. The summed E-state index contributed by atoms with van der Waals surface area (Å²) in [4.78, 5) is 16.3. The third-order valence-electron chi connectivity index (χ3n) is 3.58. The smallest absolute Gasteiger partial charge is 0.225 e. The minimum atomic E-state index is 0.370. The lowest BCUT2D eigenvalue weighted by Gasteiger charge is -2.36. The molecule has 0 spiro atoms. The first kappa shape index (κ1) is 11.9. The van der Waals surface area contributed by atoms with Gasteiger partial charge in [0.2, 0.25) is 5.91 Å². The van der Waals surface area contributed by atoms with Crippen molar-refractivity contribution in [3.8, 4) is 0 Å². The summed E-state index contributed by atoms with van der Waals surface area (Å²) in [6, 6.07) is 0. The van der Waals surface area contributed by atoms with Crippen LogP contribution < -0.4 is 5.73 Å². The molecule has 1 saturated heterocycles. The topological polar surface area (TPSA) is 49.6 Å². The van der Waals surface area contributed by atoms with Crippen molar-refractivity contribution in [1.29, 1.82) is 0 Å². The Morgan fingerprint density at radius 1 is 1.31 bits per heavy atom. The van der Waals surface area contributed by atoms with Crippen molar-refractivity contribution in [2.45, 2.75) is 19.8 Å². The van der Waals surface area contributed by atoms with Crippen LogP contribution in [-0.4, -0.2) is 55.0 Å². The van der Waals surface area contributed by atoms with Gasteiger partial charge in [0.25, 0.3) is 0 Å². The molecule has 4 nitrogen and oxygen atoms in total. The van der Waals surface area contributed by atoms with Crippen LogP contribution in [-0.2, 0) is 4.79 Å². The summed E-state index contributed by atoms with van der Waals surface area (Å²) in [6.45, 7) is 7.86. The van der Waals surface area contributed by atoms with E-state index in [0.29, 0.717) is 17.7 Å². The van der Waals surface area contributed by atoms with Crippen LogP contribution in [0.3, 0.4) is 0 Å². The van der Waals surface area contributed by atoms with E-state index in [1.165, 1.54) is 0 Å². The number of carbonyl (C=O) groups is 1. The zero-order valence-corrected chi connectivity index (χ0v) is 10.2. The number of rotatable bonds is 4. The van der Waals surface area contributed by atoms with Crippen molar-refractivity contribution < 1.29 is 4.79 Å². The van der Waals surface area contributed by atoms with Crippen LogP contribution in [0.25, 0.3) is 0 Å². The normalized spacial score (nSPS) is 24.5. The summed E-state index contributed by atoms with van der Waals surface area (Å²) in [7, 11) is 0. The first-order chi connectivity index (χ1) is 7.70. The van der Waals surface area contributed by atoms with Crippen molar-refractivity contribution in [2.24, 2.45) is 17.6 Å². The fourth-order valence-electron chi connectivity index (χ4n) is 2.25. The lowest BCUT2D eigenvalue weighted by atomic mass is 10.1. The number of hydrogen-bond donors (Lipinski definition) is 1. The summed E-state index contributed by atoms with van der Waals surface area (Å²) >= 11 is 0. The molecule has 1 amide bonds. The number of nitrogens with two attached hydrogens (primary N) is 1. The number of piperazine rings is 1. The van der Waals surface area contributed by atoms with Crippen LogP contribution in [0.15, 0.2) is 0 Å². The summed E-state index contributed by atoms with van der Waals surface area (Å²) in [5.74, 6) is 1.33. The molecule has 0 aromatic heterocycles. The highest BCUT2D eigenvalue weighted by Crippen LogP contribution is 2.31. The monoisotopic (exact) mass is 225 g/mol. The molecule has 1 aliphatic carbocycles. The maximum absolute atomic E-state index is 11.8. The van der Waals surface area contributed by atoms with Gasteiger partial charge in [-0.1, -0.05) is 6.92 Å². The molecular formula is C12H23N3O. The zero-order valence-electron chi connectivity index (χ0n) is 10.2.